The molecule has 0 radical (unpaired) electrons. The standard InChI is InChI=1S/C9H17NO.C5H12O/c1-2-9-4-3-6-10(8-11)7-5-9;1-5(2,3)6-4/h8-9H,2-7H2,1H3;1-4H3. The van der Waals surface area contributed by atoms with Crippen LogP contribution in [0.25, 0.3) is 0 Å². The van der Waals surface area contributed by atoms with Crippen molar-refractivity contribution >= 4 is 6.41 Å². The van der Waals surface area contributed by atoms with Gasteiger partial charge in [0.25, 0.3) is 0 Å². The molecule has 1 rings (SSSR count). The summed E-state index contributed by atoms with van der Waals surface area (Å²) in [4.78, 5) is 12.3. The zero-order chi connectivity index (χ0) is 13.3. The minimum absolute atomic E-state index is 0.0417. The molecule has 0 aromatic heterocycles. The topological polar surface area (TPSA) is 29.5 Å². The molecule has 0 aromatic carbocycles. The Balaban J connectivity index is 0.000000366. The van der Waals surface area contributed by atoms with Gasteiger partial charge in [-0.3, -0.25) is 4.79 Å². The highest BCUT2D eigenvalue weighted by molar-refractivity contribution is 5.46. The van der Waals surface area contributed by atoms with Crippen LogP contribution < -0.4 is 0 Å². The summed E-state index contributed by atoms with van der Waals surface area (Å²) in [6.45, 7) is 10.2. The molecule has 0 spiro atoms. The Morgan fingerprint density at radius 3 is 2.29 bits per heavy atom. The van der Waals surface area contributed by atoms with Gasteiger partial charge in [0.15, 0.2) is 0 Å². The molecular weight excluding hydrogens is 214 g/mol. The molecule has 3 heteroatoms. The van der Waals surface area contributed by atoms with Crippen LogP contribution in [0.5, 0.6) is 0 Å². The smallest absolute Gasteiger partial charge is 0.209 e. The first-order chi connectivity index (χ1) is 7.92. The summed E-state index contributed by atoms with van der Waals surface area (Å²) in [6.07, 6.45) is 5.96. The van der Waals surface area contributed by atoms with E-state index in [4.69, 9.17) is 4.74 Å². The van der Waals surface area contributed by atoms with Crippen LogP contribution in [0.3, 0.4) is 0 Å². The fourth-order valence-electron chi connectivity index (χ4n) is 1.70. The second-order valence-corrected chi connectivity index (χ2v) is 5.66. The SMILES string of the molecule is CCC1CCCN(C=O)CC1.COC(C)(C)C. The van der Waals surface area contributed by atoms with Gasteiger partial charge in [0.2, 0.25) is 6.41 Å². The van der Waals surface area contributed by atoms with Gasteiger partial charge >= 0.3 is 0 Å². The lowest BCUT2D eigenvalue weighted by Crippen LogP contribution is -2.22. The largest absolute Gasteiger partial charge is 0.379 e. The number of rotatable bonds is 2. The molecule has 0 bridgehead atoms. The first kappa shape index (κ1) is 16.4. The minimum atomic E-state index is 0.0417. The van der Waals surface area contributed by atoms with E-state index in [0.29, 0.717) is 0 Å². The predicted molar refractivity (Wildman–Crippen MR) is 72.0 cm³/mol. The van der Waals surface area contributed by atoms with Crippen molar-refractivity contribution in [1.29, 1.82) is 0 Å². The monoisotopic (exact) mass is 243 g/mol. The van der Waals surface area contributed by atoms with E-state index in [1.54, 1.807) is 7.11 Å². The maximum atomic E-state index is 10.4. The maximum Gasteiger partial charge on any atom is 0.209 e. The Hall–Kier alpha value is -0.570. The van der Waals surface area contributed by atoms with Crippen molar-refractivity contribution in [2.75, 3.05) is 20.2 Å². The van der Waals surface area contributed by atoms with Gasteiger partial charge in [-0.05, 0) is 46.0 Å². The van der Waals surface area contributed by atoms with Crippen molar-refractivity contribution in [2.24, 2.45) is 5.92 Å². The van der Waals surface area contributed by atoms with Gasteiger partial charge in [-0.2, -0.15) is 0 Å². The van der Waals surface area contributed by atoms with E-state index in [9.17, 15) is 4.79 Å². The lowest BCUT2D eigenvalue weighted by Gasteiger charge is -2.14. The van der Waals surface area contributed by atoms with E-state index in [0.717, 1.165) is 25.4 Å². The maximum absolute atomic E-state index is 10.4. The predicted octanol–water partition coefficient (Wildman–Crippen LogP) is 3.09. The number of ether oxygens (including phenoxy) is 1. The Labute approximate surface area is 107 Å². The zero-order valence-electron chi connectivity index (χ0n) is 12.2. The van der Waals surface area contributed by atoms with E-state index >= 15 is 0 Å². The summed E-state index contributed by atoms with van der Waals surface area (Å²) < 4.78 is 4.94. The van der Waals surface area contributed by atoms with Crippen LogP contribution >= 0.6 is 0 Å². The number of hydrogen-bond acceptors (Lipinski definition) is 2. The molecule has 1 amide bonds. The van der Waals surface area contributed by atoms with E-state index in [2.05, 4.69) is 6.92 Å². The number of carbonyl (C=O) groups is 1. The van der Waals surface area contributed by atoms with E-state index in [1.807, 2.05) is 25.7 Å². The number of methoxy groups -OCH3 is 1. The van der Waals surface area contributed by atoms with Crippen molar-refractivity contribution in [3.63, 3.8) is 0 Å². The molecule has 1 aliphatic heterocycles. The second kappa shape index (κ2) is 8.51. The van der Waals surface area contributed by atoms with Gasteiger partial charge in [0, 0.05) is 20.2 Å². The number of hydrogen-bond donors (Lipinski definition) is 0. The minimum Gasteiger partial charge on any atom is -0.379 e. The lowest BCUT2D eigenvalue weighted by molar-refractivity contribution is -0.118. The molecule has 1 atom stereocenters. The Kier molecular flexibility index (Phi) is 8.23. The molecule has 1 unspecified atom stereocenters. The first-order valence-electron chi connectivity index (χ1n) is 6.67. The molecule has 0 aliphatic carbocycles. The van der Waals surface area contributed by atoms with Gasteiger partial charge in [-0.15, -0.1) is 0 Å². The van der Waals surface area contributed by atoms with Gasteiger partial charge in [0.1, 0.15) is 0 Å². The van der Waals surface area contributed by atoms with Gasteiger partial charge in [-0.25, -0.2) is 0 Å². The third kappa shape index (κ3) is 9.16. The van der Waals surface area contributed by atoms with E-state index in [-0.39, 0.29) is 5.60 Å². The highest BCUT2D eigenvalue weighted by Crippen LogP contribution is 2.19. The molecule has 102 valence electrons. The molecule has 1 aliphatic rings. The molecule has 1 fully saturated rings. The molecule has 0 aromatic rings. The average Bonchev–Trinajstić information content (AvgIpc) is 2.53. The molecule has 0 saturated carbocycles. The highest BCUT2D eigenvalue weighted by Gasteiger charge is 2.13. The first-order valence-corrected chi connectivity index (χ1v) is 6.67. The van der Waals surface area contributed by atoms with Gasteiger partial charge in [-0.1, -0.05) is 13.3 Å². The average molecular weight is 243 g/mol. The molecule has 1 heterocycles. The lowest BCUT2D eigenvalue weighted by atomic mass is 9.98. The van der Waals surface area contributed by atoms with Crippen molar-refractivity contribution in [3.05, 3.63) is 0 Å². The molecule has 1 saturated heterocycles. The van der Waals surface area contributed by atoms with Crippen LogP contribution in [0.2, 0.25) is 0 Å². The summed E-state index contributed by atoms with van der Waals surface area (Å²) in [5.41, 5.74) is 0.0417. The van der Waals surface area contributed by atoms with Crippen LogP contribution in [0, 0.1) is 5.92 Å². The summed E-state index contributed by atoms with van der Waals surface area (Å²) in [6, 6.07) is 0. The number of nitrogens with zero attached hydrogens (tertiary/aromatic N) is 1. The summed E-state index contributed by atoms with van der Waals surface area (Å²) in [5, 5.41) is 0. The fourth-order valence-corrected chi connectivity index (χ4v) is 1.70. The molecule has 3 nitrogen and oxygen atoms in total. The summed E-state index contributed by atoms with van der Waals surface area (Å²) >= 11 is 0. The zero-order valence-corrected chi connectivity index (χ0v) is 12.2. The van der Waals surface area contributed by atoms with Crippen molar-refractivity contribution < 1.29 is 9.53 Å². The van der Waals surface area contributed by atoms with E-state index < -0.39 is 0 Å². The van der Waals surface area contributed by atoms with Gasteiger partial charge < -0.3 is 9.64 Å². The normalized spacial score (nSPS) is 21.2. The Morgan fingerprint density at radius 1 is 1.29 bits per heavy atom. The Bertz CT molecular complexity index is 199. The van der Waals surface area contributed by atoms with Crippen molar-refractivity contribution in [3.8, 4) is 0 Å². The number of amides is 1. The quantitative estimate of drug-likeness (QED) is 0.698. The van der Waals surface area contributed by atoms with Crippen molar-refractivity contribution in [1.82, 2.24) is 4.90 Å². The number of likely N-dealkylation sites (tertiary alicyclic amines) is 1. The Morgan fingerprint density at radius 2 is 1.88 bits per heavy atom. The highest BCUT2D eigenvalue weighted by atomic mass is 16.5. The summed E-state index contributed by atoms with van der Waals surface area (Å²) in [7, 11) is 1.71. The third-order valence-electron chi connectivity index (χ3n) is 3.22. The molecule has 0 N–H and O–H groups in total. The van der Waals surface area contributed by atoms with Crippen molar-refractivity contribution in [2.45, 2.75) is 59.0 Å². The van der Waals surface area contributed by atoms with Crippen LogP contribution in [0.4, 0.5) is 0 Å². The number of carbonyl (C=O) groups excluding carboxylic acids is 1. The van der Waals surface area contributed by atoms with Crippen LogP contribution in [-0.4, -0.2) is 37.1 Å². The summed E-state index contributed by atoms with van der Waals surface area (Å²) in [5.74, 6) is 0.861. The fraction of sp³-hybridized carbons (Fsp3) is 0.929. The van der Waals surface area contributed by atoms with Crippen LogP contribution in [-0.2, 0) is 9.53 Å². The van der Waals surface area contributed by atoms with E-state index in [1.165, 1.54) is 25.7 Å². The molecule has 17 heavy (non-hydrogen) atoms. The van der Waals surface area contributed by atoms with Crippen LogP contribution in [0.1, 0.15) is 53.4 Å². The molecular formula is C14H29NO2. The second-order valence-electron chi connectivity index (χ2n) is 5.66. The van der Waals surface area contributed by atoms with Gasteiger partial charge in [0.05, 0.1) is 5.60 Å². The van der Waals surface area contributed by atoms with Crippen LogP contribution in [0.15, 0.2) is 0 Å². The third-order valence-corrected chi connectivity index (χ3v) is 3.22.